The zero-order valence-electron chi connectivity index (χ0n) is 14.1. The van der Waals surface area contributed by atoms with Crippen LogP contribution in [0, 0.1) is 0 Å². The second-order valence-electron chi connectivity index (χ2n) is 6.25. The summed E-state index contributed by atoms with van der Waals surface area (Å²) >= 11 is 0. The van der Waals surface area contributed by atoms with E-state index in [1.165, 1.54) is 37.2 Å². The Balaban J connectivity index is 2.21. The predicted molar refractivity (Wildman–Crippen MR) is 92.1 cm³/mol. The van der Waals surface area contributed by atoms with Gasteiger partial charge in [-0.1, -0.05) is 32.0 Å². The standard InChI is InChI=1S/C18H31N3/c1-5-17(19-6-2)16-11-7-8-12-18(16)21(4)15-10-9-13-20(3)14-15/h7-8,11-12,15,17,19H,5-6,9-10,13-14H2,1-4H3. The van der Waals surface area contributed by atoms with Crippen molar-refractivity contribution < 1.29 is 0 Å². The van der Waals surface area contributed by atoms with E-state index in [-0.39, 0.29) is 0 Å². The lowest BCUT2D eigenvalue weighted by Crippen LogP contribution is -2.45. The van der Waals surface area contributed by atoms with Crippen molar-refractivity contribution in [2.75, 3.05) is 38.6 Å². The molecule has 0 spiro atoms. The minimum Gasteiger partial charge on any atom is -0.370 e. The molecule has 1 saturated heterocycles. The Bertz CT molecular complexity index is 432. The van der Waals surface area contributed by atoms with Gasteiger partial charge in [0.15, 0.2) is 0 Å². The zero-order chi connectivity index (χ0) is 15.2. The lowest BCUT2D eigenvalue weighted by Gasteiger charge is -2.38. The fourth-order valence-corrected chi connectivity index (χ4v) is 3.48. The van der Waals surface area contributed by atoms with Crippen LogP contribution in [-0.2, 0) is 0 Å². The lowest BCUT2D eigenvalue weighted by atomic mass is 9.98. The molecule has 1 heterocycles. The number of para-hydroxylation sites is 1. The van der Waals surface area contributed by atoms with Crippen molar-refractivity contribution in [3.63, 3.8) is 0 Å². The van der Waals surface area contributed by atoms with E-state index in [0.717, 1.165) is 13.0 Å². The number of anilines is 1. The Morgan fingerprint density at radius 1 is 1.33 bits per heavy atom. The van der Waals surface area contributed by atoms with Crippen molar-refractivity contribution >= 4 is 5.69 Å². The van der Waals surface area contributed by atoms with E-state index >= 15 is 0 Å². The molecule has 0 saturated carbocycles. The average molecular weight is 289 g/mol. The van der Waals surface area contributed by atoms with Gasteiger partial charge in [0, 0.05) is 31.4 Å². The molecule has 1 aromatic rings. The number of hydrogen-bond donors (Lipinski definition) is 1. The summed E-state index contributed by atoms with van der Waals surface area (Å²) in [6, 6.07) is 9.98. The van der Waals surface area contributed by atoms with Gasteiger partial charge in [-0.15, -0.1) is 0 Å². The first kappa shape index (κ1) is 16.3. The highest BCUT2D eigenvalue weighted by Gasteiger charge is 2.24. The van der Waals surface area contributed by atoms with E-state index in [1.807, 2.05) is 0 Å². The van der Waals surface area contributed by atoms with Gasteiger partial charge in [-0.25, -0.2) is 0 Å². The molecule has 118 valence electrons. The van der Waals surface area contributed by atoms with Crippen LogP contribution in [0.5, 0.6) is 0 Å². The van der Waals surface area contributed by atoms with Crippen LogP contribution in [0.1, 0.15) is 44.7 Å². The highest BCUT2D eigenvalue weighted by molar-refractivity contribution is 5.55. The van der Waals surface area contributed by atoms with Gasteiger partial charge in [0.1, 0.15) is 0 Å². The average Bonchev–Trinajstić information content (AvgIpc) is 2.52. The SMILES string of the molecule is CCNC(CC)c1ccccc1N(C)C1CCCN(C)C1. The van der Waals surface area contributed by atoms with Gasteiger partial charge in [-0.2, -0.15) is 0 Å². The second-order valence-corrected chi connectivity index (χ2v) is 6.25. The van der Waals surface area contributed by atoms with Gasteiger partial charge in [0.25, 0.3) is 0 Å². The van der Waals surface area contributed by atoms with Crippen LogP contribution in [0.4, 0.5) is 5.69 Å². The summed E-state index contributed by atoms with van der Waals surface area (Å²) in [5, 5.41) is 3.62. The molecule has 2 rings (SSSR count). The smallest absolute Gasteiger partial charge is 0.0415 e. The molecule has 1 N–H and O–H groups in total. The third kappa shape index (κ3) is 3.98. The molecule has 2 atom stereocenters. The molecule has 2 unspecified atom stereocenters. The van der Waals surface area contributed by atoms with Crippen LogP contribution in [0.15, 0.2) is 24.3 Å². The van der Waals surface area contributed by atoms with Crippen molar-refractivity contribution in [3.8, 4) is 0 Å². The molecule has 3 nitrogen and oxygen atoms in total. The van der Waals surface area contributed by atoms with Crippen LogP contribution in [0.3, 0.4) is 0 Å². The Labute approximate surface area is 130 Å². The molecule has 21 heavy (non-hydrogen) atoms. The summed E-state index contributed by atoms with van der Waals surface area (Å²) in [4.78, 5) is 4.96. The predicted octanol–water partition coefficient (Wildman–Crippen LogP) is 3.28. The molecule has 3 heteroatoms. The highest BCUT2D eigenvalue weighted by atomic mass is 15.2. The number of piperidine rings is 1. The molecule has 0 aromatic heterocycles. The summed E-state index contributed by atoms with van der Waals surface area (Å²) in [5.41, 5.74) is 2.84. The van der Waals surface area contributed by atoms with Gasteiger partial charge in [0.05, 0.1) is 0 Å². The Hall–Kier alpha value is -1.06. The van der Waals surface area contributed by atoms with Crippen LogP contribution in [0.2, 0.25) is 0 Å². The Morgan fingerprint density at radius 2 is 2.10 bits per heavy atom. The number of benzene rings is 1. The Kier molecular flexibility index (Phi) is 6.07. The van der Waals surface area contributed by atoms with Crippen LogP contribution < -0.4 is 10.2 Å². The maximum atomic E-state index is 3.62. The van der Waals surface area contributed by atoms with Crippen molar-refractivity contribution in [1.82, 2.24) is 10.2 Å². The first-order valence-corrected chi connectivity index (χ1v) is 8.41. The largest absolute Gasteiger partial charge is 0.370 e. The number of rotatable bonds is 6. The second kappa shape index (κ2) is 7.81. The first-order chi connectivity index (χ1) is 10.2. The fraction of sp³-hybridized carbons (Fsp3) is 0.667. The molecule has 0 aliphatic carbocycles. The maximum Gasteiger partial charge on any atom is 0.0415 e. The van der Waals surface area contributed by atoms with Gasteiger partial charge in [-0.3, -0.25) is 0 Å². The summed E-state index contributed by atoms with van der Waals surface area (Å²) in [6.07, 6.45) is 3.73. The van der Waals surface area contributed by atoms with Gasteiger partial charge >= 0.3 is 0 Å². The summed E-state index contributed by atoms with van der Waals surface area (Å²) in [5.74, 6) is 0. The summed E-state index contributed by atoms with van der Waals surface area (Å²) < 4.78 is 0. The lowest BCUT2D eigenvalue weighted by molar-refractivity contribution is 0.247. The molecule has 1 aliphatic rings. The monoisotopic (exact) mass is 289 g/mol. The summed E-state index contributed by atoms with van der Waals surface area (Å²) in [6.45, 7) is 7.87. The number of nitrogens with one attached hydrogen (secondary N) is 1. The minimum absolute atomic E-state index is 0.454. The summed E-state index contributed by atoms with van der Waals surface area (Å²) in [7, 11) is 4.50. The molecule has 1 aliphatic heterocycles. The quantitative estimate of drug-likeness (QED) is 0.867. The van der Waals surface area contributed by atoms with Crippen LogP contribution in [0.25, 0.3) is 0 Å². The molecule has 0 amide bonds. The minimum atomic E-state index is 0.454. The molecular weight excluding hydrogens is 258 g/mol. The van der Waals surface area contributed by atoms with Crippen LogP contribution in [-0.4, -0.2) is 44.7 Å². The third-order valence-electron chi connectivity index (χ3n) is 4.70. The Morgan fingerprint density at radius 3 is 2.76 bits per heavy atom. The van der Waals surface area contributed by atoms with Crippen molar-refractivity contribution in [1.29, 1.82) is 0 Å². The normalized spacial score (nSPS) is 21.2. The van der Waals surface area contributed by atoms with Crippen molar-refractivity contribution in [3.05, 3.63) is 29.8 Å². The number of nitrogens with zero attached hydrogens (tertiary/aromatic N) is 2. The van der Waals surface area contributed by atoms with Gasteiger partial charge in [-0.05, 0) is 51.0 Å². The molecule has 0 radical (unpaired) electrons. The number of likely N-dealkylation sites (N-methyl/N-ethyl adjacent to an activating group) is 2. The van der Waals surface area contributed by atoms with Crippen LogP contribution >= 0.6 is 0 Å². The van der Waals surface area contributed by atoms with E-state index in [2.05, 4.69) is 67.3 Å². The highest BCUT2D eigenvalue weighted by Crippen LogP contribution is 2.30. The van der Waals surface area contributed by atoms with Crippen molar-refractivity contribution in [2.24, 2.45) is 0 Å². The number of likely N-dealkylation sites (tertiary alicyclic amines) is 1. The van der Waals surface area contributed by atoms with Crippen molar-refractivity contribution in [2.45, 2.75) is 45.2 Å². The third-order valence-corrected chi connectivity index (χ3v) is 4.70. The van der Waals surface area contributed by atoms with E-state index in [0.29, 0.717) is 12.1 Å². The van der Waals surface area contributed by atoms with E-state index in [4.69, 9.17) is 0 Å². The van der Waals surface area contributed by atoms with Gasteiger partial charge in [0.2, 0.25) is 0 Å². The fourth-order valence-electron chi connectivity index (χ4n) is 3.48. The molecule has 0 bridgehead atoms. The van der Waals surface area contributed by atoms with Gasteiger partial charge < -0.3 is 15.1 Å². The molecule has 1 aromatic carbocycles. The topological polar surface area (TPSA) is 18.5 Å². The molecular formula is C18H31N3. The maximum absolute atomic E-state index is 3.62. The number of hydrogen-bond acceptors (Lipinski definition) is 3. The zero-order valence-corrected chi connectivity index (χ0v) is 14.1. The molecule has 1 fully saturated rings. The van der Waals surface area contributed by atoms with E-state index in [1.54, 1.807) is 0 Å². The first-order valence-electron chi connectivity index (χ1n) is 8.41. The van der Waals surface area contributed by atoms with E-state index in [9.17, 15) is 0 Å². The van der Waals surface area contributed by atoms with E-state index < -0.39 is 0 Å².